The molecular weight excluding hydrogens is 268 g/mol. The standard InChI is InChI=1S/C16H22N2OS/c1-3-14-16(19)18(10-11-4-5-11)15(17-14)12-6-8-13(20-2)9-7-12/h6-9,11,14-15,17H,3-5,10H2,1-2H3. The Hall–Kier alpha value is -1.00. The Morgan fingerprint density at radius 2 is 2.00 bits per heavy atom. The fourth-order valence-corrected chi connectivity index (χ4v) is 3.22. The largest absolute Gasteiger partial charge is 0.321 e. The summed E-state index contributed by atoms with van der Waals surface area (Å²) in [5, 5.41) is 3.50. The molecule has 2 aliphatic rings. The van der Waals surface area contributed by atoms with Crippen molar-refractivity contribution in [3.63, 3.8) is 0 Å². The molecule has 0 bridgehead atoms. The van der Waals surface area contributed by atoms with E-state index in [-0.39, 0.29) is 18.1 Å². The highest BCUT2D eigenvalue weighted by Gasteiger charge is 2.40. The van der Waals surface area contributed by atoms with Crippen LogP contribution in [0.5, 0.6) is 0 Å². The summed E-state index contributed by atoms with van der Waals surface area (Å²) in [4.78, 5) is 15.8. The lowest BCUT2D eigenvalue weighted by molar-refractivity contribution is -0.130. The number of rotatable bonds is 5. The SMILES string of the molecule is CCC1NC(c2ccc(SC)cc2)N(CC2CC2)C1=O. The number of nitrogens with zero attached hydrogens (tertiary/aromatic N) is 1. The van der Waals surface area contributed by atoms with Gasteiger partial charge in [0.25, 0.3) is 0 Å². The molecule has 1 aliphatic carbocycles. The van der Waals surface area contributed by atoms with Gasteiger partial charge < -0.3 is 4.90 Å². The first kappa shape index (κ1) is 14.0. The lowest BCUT2D eigenvalue weighted by Crippen LogP contribution is -2.32. The van der Waals surface area contributed by atoms with Crippen LogP contribution < -0.4 is 5.32 Å². The number of amides is 1. The van der Waals surface area contributed by atoms with Crippen LogP contribution in [-0.4, -0.2) is 29.6 Å². The molecular formula is C16H22N2OS. The van der Waals surface area contributed by atoms with E-state index in [0.29, 0.717) is 0 Å². The second-order valence-corrected chi connectivity index (χ2v) is 6.62. The molecule has 108 valence electrons. The molecule has 3 rings (SSSR count). The molecule has 0 radical (unpaired) electrons. The molecule has 0 aromatic heterocycles. The third kappa shape index (κ3) is 2.72. The molecule has 1 aliphatic heterocycles. The minimum Gasteiger partial charge on any atom is -0.321 e. The Balaban J connectivity index is 1.82. The molecule has 2 unspecified atom stereocenters. The van der Waals surface area contributed by atoms with Crippen molar-refractivity contribution in [2.24, 2.45) is 5.92 Å². The molecule has 1 N–H and O–H groups in total. The average Bonchev–Trinajstić information content (AvgIpc) is 3.25. The molecule has 1 saturated carbocycles. The highest BCUT2D eigenvalue weighted by atomic mass is 32.2. The van der Waals surface area contributed by atoms with Crippen LogP contribution in [0, 0.1) is 5.92 Å². The Bertz CT molecular complexity index is 484. The van der Waals surface area contributed by atoms with Crippen molar-refractivity contribution < 1.29 is 4.79 Å². The van der Waals surface area contributed by atoms with Gasteiger partial charge in [-0.25, -0.2) is 0 Å². The molecule has 1 aromatic rings. The summed E-state index contributed by atoms with van der Waals surface area (Å²) < 4.78 is 0. The van der Waals surface area contributed by atoms with E-state index in [1.807, 2.05) is 0 Å². The van der Waals surface area contributed by atoms with E-state index in [0.717, 1.165) is 18.9 Å². The van der Waals surface area contributed by atoms with Gasteiger partial charge in [0.05, 0.1) is 6.04 Å². The monoisotopic (exact) mass is 290 g/mol. The summed E-state index contributed by atoms with van der Waals surface area (Å²) in [5.41, 5.74) is 1.20. The van der Waals surface area contributed by atoms with Gasteiger partial charge in [0, 0.05) is 11.4 Å². The van der Waals surface area contributed by atoms with Gasteiger partial charge in [-0.15, -0.1) is 11.8 Å². The fourth-order valence-electron chi connectivity index (χ4n) is 2.81. The van der Waals surface area contributed by atoms with Gasteiger partial charge in [-0.2, -0.15) is 0 Å². The van der Waals surface area contributed by atoms with E-state index in [9.17, 15) is 4.79 Å². The molecule has 1 aromatic carbocycles. The average molecular weight is 290 g/mol. The normalized spacial score (nSPS) is 26.3. The van der Waals surface area contributed by atoms with Crippen LogP contribution in [0.2, 0.25) is 0 Å². The minimum atomic E-state index is -0.0148. The zero-order chi connectivity index (χ0) is 14.1. The lowest BCUT2D eigenvalue weighted by Gasteiger charge is -2.24. The van der Waals surface area contributed by atoms with E-state index in [2.05, 4.69) is 47.7 Å². The summed E-state index contributed by atoms with van der Waals surface area (Å²) in [6, 6.07) is 8.56. The van der Waals surface area contributed by atoms with Crippen molar-refractivity contribution in [3.05, 3.63) is 29.8 Å². The van der Waals surface area contributed by atoms with Crippen LogP contribution in [0.1, 0.15) is 37.9 Å². The number of thioether (sulfide) groups is 1. The first-order chi connectivity index (χ1) is 9.72. The van der Waals surface area contributed by atoms with Gasteiger partial charge >= 0.3 is 0 Å². The number of carbonyl (C=O) groups excluding carboxylic acids is 1. The third-order valence-electron chi connectivity index (χ3n) is 4.24. The number of hydrogen-bond acceptors (Lipinski definition) is 3. The Labute approximate surface area is 125 Å². The summed E-state index contributed by atoms with van der Waals surface area (Å²) in [6.45, 7) is 2.99. The zero-order valence-electron chi connectivity index (χ0n) is 12.1. The molecule has 20 heavy (non-hydrogen) atoms. The quantitative estimate of drug-likeness (QED) is 0.846. The number of hydrogen-bond donors (Lipinski definition) is 1. The van der Waals surface area contributed by atoms with Crippen molar-refractivity contribution in [1.29, 1.82) is 0 Å². The van der Waals surface area contributed by atoms with E-state index >= 15 is 0 Å². The van der Waals surface area contributed by atoms with Gasteiger partial charge in [-0.05, 0) is 49.1 Å². The van der Waals surface area contributed by atoms with Gasteiger partial charge in [-0.1, -0.05) is 19.1 Å². The van der Waals surface area contributed by atoms with Crippen LogP contribution in [0.15, 0.2) is 29.2 Å². The van der Waals surface area contributed by atoms with E-state index in [1.54, 1.807) is 11.8 Å². The van der Waals surface area contributed by atoms with Crippen molar-refractivity contribution in [1.82, 2.24) is 10.2 Å². The van der Waals surface area contributed by atoms with Crippen LogP contribution in [0.25, 0.3) is 0 Å². The molecule has 2 atom stereocenters. The van der Waals surface area contributed by atoms with Gasteiger partial charge in [0.2, 0.25) is 5.91 Å². The van der Waals surface area contributed by atoms with Crippen LogP contribution in [0.4, 0.5) is 0 Å². The summed E-state index contributed by atoms with van der Waals surface area (Å²) in [6.07, 6.45) is 5.55. The summed E-state index contributed by atoms with van der Waals surface area (Å²) in [5.74, 6) is 1.00. The first-order valence-electron chi connectivity index (χ1n) is 7.43. The minimum absolute atomic E-state index is 0.0148. The Kier molecular flexibility index (Phi) is 4.03. The number of carbonyl (C=O) groups is 1. The molecule has 3 nitrogen and oxygen atoms in total. The van der Waals surface area contributed by atoms with E-state index in [1.165, 1.54) is 23.3 Å². The predicted octanol–water partition coefficient (Wildman–Crippen LogP) is 3.03. The lowest BCUT2D eigenvalue weighted by atomic mass is 10.1. The second kappa shape index (κ2) is 5.78. The molecule has 2 fully saturated rings. The Morgan fingerprint density at radius 1 is 1.30 bits per heavy atom. The maximum atomic E-state index is 12.5. The van der Waals surface area contributed by atoms with Gasteiger partial charge in [-0.3, -0.25) is 10.1 Å². The molecule has 1 heterocycles. The van der Waals surface area contributed by atoms with Gasteiger partial charge in [0.1, 0.15) is 6.17 Å². The van der Waals surface area contributed by atoms with Crippen LogP contribution in [0.3, 0.4) is 0 Å². The van der Waals surface area contributed by atoms with Gasteiger partial charge in [0.15, 0.2) is 0 Å². The predicted molar refractivity (Wildman–Crippen MR) is 82.6 cm³/mol. The van der Waals surface area contributed by atoms with Crippen molar-refractivity contribution in [3.8, 4) is 0 Å². The smallest absolute Gasteiger partial charge is 0.241 e. The molecule has 1 amide bonds. The fraction of sp³-hybridized carbons (Fsp3) is 0.562. The van der Waals surface area contributed by atoms with E-state index < -0.39 is 0 Å². The summed E-state index contributed by atoms with van der Waals surface area (Å²) >= 11 is 1.75. The topological polar surface area (TPSA) is 32.3 Å². The second-order valence-electron chi connectivity index (χ2n) is 5.74. The van der Waals surface area contributed by atoms with Crippen molar-refractivity contribution in [2.75, 3.05) is 12.8 Å². The maximum Gasteiger partial charge on any atom is 0.241 e. The molecule has 4 heteroatoms. The van der Waals surface area contributed by atoms with Crippen molar-refractivity contribution in [2.45, 2.75) is 43.3 Å². The molecule has 1 saturated heterocycles. The maximum absolute atomic E-state index is 12.5. The molecule has 0 spiro atoms. The zero-order valence-corrected chi connectivity index (χ0v) is 13.0. The van der Waals surface area contributed by atoms with Crippen LogP contribution >= 0.6 is 11.8 Å². The number of nitrogens with one attached hydrogen (secondary N) is 1. The third-order valence-corrected chi connectivity index (χ3v) is 4.99. The highest BCUT2D eigenvalue weighted by Crippen LogP contribution is 2.35. The van der Waals surface area contributed by atoms with E-state index in [4.69, 9.17) is 0 Å². The first-order valence-corrected chi connectivity index (χ1v) is 8.66. The summed E-state index contributed by atoms with van der Waals surface area (Å²) in [7, 11) is 0. The van der Waals surface area contributed by atoms with Crippen molar-refractivity contribution >= 4 is 17.7 Å². The number of benzene rings is 1. The highest BCUT2D eigenvalue weighted by molar-refractivity contribution is 7.98. The van der Waals surface area contributed by atoms with Crippen LogP contribution in [-0.2, 0) is 4.79 Å². The Morgan fingerprint density at radius 3 is 2.55 bits per heavy atom.